The summed E-state index contributed by atoms with van der Waals surface area (Å²) in [4.78, 5) is 0. The molecule has 0 aliphatic carbocycles. The fourth-order valence-corrected chi connectivity index (χ4v) is 2.66. The Morgan fingerprint density at radius 2 is 1.27 bits per heavy atom. The van der Waals surface area contributed by atoms with E-state index in [1.807, 2.05) is 36.4 Å². The molecule has 108 valence electrons. The third-order valence-electron chi connectivity index (χ3n) is 3.84. The molecule has 0 bridgehead atoms. The maximum absolute atomic E-state index is 8.47. The van der Waals surface area contributed by atoms with Crippen molar-refractivity contribution in [2.75, 3.05) is 0 Å². The fraction of sp³-hybridized carbons (Fsp3) is 0.0952. The topological polar surface area (TPSA) is 23.9 Å². The van der Waals surface area contributed by atoms with E-state index in [1.54, 1.807) is 0 Å². The van der Waals surface area contributed by atoms with Crippen LogP contribution in [0.3, 0.4) is 0 Å². The Morgan fingerprint density at radius 1 is 0.682 bits per heavy atom. The van der Waals surface area contributed by atoms with Crippen molar-refractivity contribution in [3.8, 4) is 11.1 Å². The first-order chi connectivity index (χ1) is 10.8. The second-order valence-electron chi connectivity index (χ2n) is 5.38. The zero-order valence-electron chi connectivity index (χ0n) is 12.5. The van der Waals surface area contributed by atoms with Gasteiger partial charge in [-0.25, -0.2) is 0 Å². The quantitative estimate of drug-likeness (QED) is 0.611. The summed E-state index contributed by atoms with van der Waals surface area (Å²) < 4.78 is 0. The molecule has 0 fully saturated rings. The highest BCUT2D eigenvalue weighted by atomic mass is 14.4. The third kappa shape index (κ3) is 3.32. The minimum absolute atomic E-state index is 0.698. The van der Waals surface area contributed by atoms with Crippen LogP contribution in [0.25, 0.3) is 11.1 Å². The summed E-state index contributed by atoms with van der Waals surface area (Å²) in [5.74, 6) is 0. The molecule has 1 N–H and O–H groups in total. The average Bonchev–Trinajstić information content (AvgIpc) is 2.61. The van der Waals surface area contributed by atoms with E-state index in [-0.39, 0.29) is 0 Å². The summed E-state index contributed by atoms with van der Waals surface area (Å²) >= 11 is 0. The van der Waals surface area contributed by atoms with Crippen molar-refractivity contribution in [1.29, 1.82) is 5.41 Å². The average molecular weight is 285 g/mol. The maximum atomic E-state index is 8.47. The second-order valence-corrected chi connectivity index (χ2v) is 5.38. The van der Waals surface area contributed by atoms with Crippen LogP contribution in [0, 0.1) is 5.41 Å². The Morgan fingerprint density at radius 3 is 2.00 bits per heavy atom. The van der Waals surface area contributed by atoms with E-state index < -0.39 is 0 Å². The molecule has 0 radical (unpaired) electrons. The highest BCUT2D eigenvalue weighted by Gasteiger charge is 2.09. The number of hydrogen-bond donors (Lipinski definition) is 1. The molecule has 0 saturated carbocycles. The van der Waals surface area contributed by atoms with Gasteiger partial charge in [0.1, 0.15) is 0 Å². The van der Waals surface area contributed by atoms with Crippen LogP contribution >= 0.6 is 0 Å². The Labute approximate surface area is 131 Å². The lowest BCUT2D eigenvalue weighted by atomic mass is 9.94. The van der Waals surface area contributed by atoms with E-state index in [4.69, 9.17) is 5.41 Å². The summed E-state index contributed by atoms with van der Waals surface area (Å²) in [6.07, 6.45) is 1.66. The molecule has 0 aliphatic rings. The van der Waals surface area contributed by atoms with Gasteiger partial charge >= 0.3 is 0 Å². The van der Waals surface area contributed by atoms with Crippen molar-refractivity contribution in [2.24, 2.45) is 0 Å². The first-order valence-corrected chi connectivity index (χ1v) is 7.61. The fourth-order valence-electron chi connectivity index (χ4n) is 2.66. The number of rotatable bonds is 5. The summed E-state index contributed by atoms with van der Waals surface area (Å²) in [5, 5.41) is 8.47. The van der Waals surface area contributed by atoms with Gasteiger partial charge in [-0.1, -0.05) is 84.9 Å². The predicted molar refractivity (Wildman–Crippen MR) is 93.5 cm³/mol. The van der Waals surface area contributed by atoms with Crippen LogP contribution in [0.4, 0.5) is 0 Å². The van der Waals surface area contributed by atoms with Gasteiger partial charge in [0.25, 0.3) is 0 Å². The van der Waals surface area contributed by atoms with Crippen LogP contribution in [0.1, 0.15) is 17.5 Å². The molecule has 0 unspecified atom stereocenters. The molecule has 0 aromatic heterocycles. The highest BCUT2D eigenvalue weighted by molar-refractivity contribution is 6.04. The van der Waals surface area contributed by atoms with E-state index in [0.717, 1.165) is 24.0 Å². The van der Waals surface area contributed by atoms with Crippen LogP contribution in [0.15, 0.2) is 84.9 Å². The molecule has 3 aromatic rings. The summed E-state index contributed by atoms with van der Waals surface area (Å²) in [5.41, 5.74) is 5.32. The van der Waals surface area contributed by atoms with Gasteiger partial charge < -0.3 is 5.41 Å². The van der Waals surface area contributed by atoms with Gasteiger partial charge in [-0.2, -0.15) is 0 Å². The first kappa shape index (κ1) is 14.3. The van der Waals surface area contributed by atoms with Gasteiger partial charge in [0.05, 0.1) is 0 Å². The molecular formula is C21H19N. The molecule has 1 heteroatoms. The Kier molecular flexibility index (Phi) is 4.45. The Hall–Kier alpha value is -2.67. The van der Waals surface area contributed by atoms with Gasteiger partial charge in [-0.15, -0.1) is 0 Å². The predicted octanol–water partition coefficient (Wildman–Crippen LogP) is 5.35. The molecule has 22 heavy (non-hydrogen) atoms. The van der Waals surface area contributed by atoms with Crippen molar-refractivity contribution in [2.45, 2.75) is 12.8 Å². The van der Waals surface area contributed by atoms with Crippen molar-refractivity contribution >= 4 is 5.71 Å². The summed E-state index contributed by atoms with van der Waals surface area (Å²) in [6.45, 7) is 0. The normalized spacial score (nSPS) is 10.4. The minimum Gasteiger partial charge on any atom is -0.305 e. The van der Waals surface area contributed by atoms with Crippen molar-refractivity contribution in [1.82, 2.24) is 0 Å². The molecule has 3 rings (SSSR count). The van der Waals surface area contributed by atoms with Crippen LogP contribution < -0.4 is 0 Å². The number of aryl methyl sites for hydroxylation is 1. The van der Waals surface area contributed by atoms with Crippen LogP contribution in [0.5, 0.6) is 0 Å². The molecule has 0 atom stereocenters. The lowest BCUT2D eigenvalue weighted by molar-refractivity contribution is 1.03. The molecule has 3 aromatic carbocycles. The number of nitrogens with one attached hydrogen (secondary N) is 1. The molecule has 0 aliphatic heterocycles. The molecule has 0 amide bonds. The number of benzene rings is 3. The molecule has 0 spiro atoms. The van der Waals surface area contributed by atoms with Gasteiger partial charge in [-0.3, -0.25) is 0 Å². The van der Waals surface area contributed by atoms with E-state index in [0.29, 0.717) is 5.71 Å². The monoisotopic (exact) mass is 285 g/mol. The zero-order chi connectivity index (χ0) is 15.2. The van der Waals surface area contributed by atoms with Gasteiger partial charge in [0.15, 0.2) is 0 Å². The second kappa shape index (κ2) is 6.86. The maximum Gasteiger partial charge on any atom is 0.0395 e. The SMILES string of the molecule is N=C(CCc1ccccc1)c1ccccc1-c1ccccc1. The van der Waals surface area contributed by atoms with Gasteiger partial charge in [-0.05, 0) is 29.5 Å². The van der Waals surface area contributed by atoms with Crippen molar-refractivity contribution < 1.29 is 0 Å². The smallest absolute Gasteiger partial charge is 0.0395 e. The standard InChI is InChI=1S/C21H19N/c22-21(16-15-17-9-3-1-4-10-17)20-14-8-7-13-19(20)18-11-5-2-6-12-18/h1-14,22H,15-16H2. The summed E-state index contributed by atoms with van der Waals surface area (Å²) in [6, 6.07) is 28.9. The molecule has 0 heterocycles. The Balaban J connectivity index is 1.81. The van der Waals surface area contributed by atoms with Crippen molar-refractivity contribution in [3.05, 3.63) is 96.1 Å². The van der Waals surface area contributed by atoms with Gasteiger partial charge in [0.2, 0.25) is 0 Å². The van der Waals surface area contributed by atoms with Gasteiger partial charge in [0, 0.05) is 11.3 Å². The summed E-state index contributed by atoms with van der Waals surface area (Å²) in [7, 11) is 0. The van der Waals surface area contributed by atoms with Crippen molar-refractivity contribution in [3.63, 3.8) is 0 Å². The minimum atomic E-state index is 0.698. The van der Waals surface area contributed by atoms with E-state index in [1.165, 1.54) is 11.1 Å². The zero-order valence-corrected chi connectivity index (χ0v) is 12.5. The number of hydrogen-bond acceptors (Lipinski definition) is 1. The molecule has 0 saturated heterocycles. The van der Waals surface area contributed by atoms with E-state index >= 15 is 0 Å². The lowest BCUT2D eigenvalue weighted by Crippen LogP contribution is -2.03. The van der Waals surface area contributed by atoms with Crippen LogP contribution in [0.2, 0.25) is 0 Å². The highest BCUT2D eigenvalue weighted by Crippen LogP contribution is 2.24. The largest absolute Gasteiger partial charge is 0.305 e. The van der Waals surface area contributed by atoms with E-state index in [2.05, 4.69) is 48.5 Å². The van der Waals surface area contributed by atoms with Crippen LogP contribution in [-0.2, 0) is 6.42 Å². The lowest BCUT2D eigenvalue weighted by Gasteiger charge is -2.11. The molecular weight excluding hydrogens is 266 g/mol. The Bertz CT molecular complexity index is 745. The third-order valence-corrected chi connectivity index (χ3v) is 3.84. The van der Waals surface area contributed by atoms with E-state index in [9.17, 15) is 0 Å². The molecule has 1 nitrogen and oxygen atoms in total. The first-order valence-electron chi connectivity index (χ1n) is 7.61. The van der Waals surface area contributed by atoms with Crippen LogP contribution in [-0.4, -0.2) is 5.71 Å².